The fourth-order valence-electron chi connectivity index (χ4n) is 1.56. The first kappa shape index (κ1) is 15.6. The Morgan fingerprint density at radius 3 is 2.79 bits per heavy atom. The van der Waals surface area contributed by atoms with Gasteiger partial charge >= 0.3 is 0 Å². The Bertz CT molecular complexity index is 433. The zero-order valence-electron chi connectivity index (χ0n) is 11.3. The molecule has 106 valence electrons. The molecule has 7 heteroatoms. The van der Waals surface area contributed by atoms with E-state index in [1.807, 2.05) is 13.8 Å². The molecule has 0 aromatic carbocycles. The number of aromatic nitrogens is 1. The molecule has 0 unspecified atom stereocenters. The highest BCUT2D eigenvalue weighted by Crippen LogP contribution is 2.12. The van der Waals surface area contributed by atoms with E-state index in [1.54, 1.807) is 5.38 Å². The smallest absolute Gasteiger partial charge is 0.273 e. The highest BCUT2D eigenvalue weighted by Gasteiger charge is 2.19. The normalized spacial score (nSPS) is 10.3. The van der Waals surface area contributed by atoms with Gasteiger partial charge in [0.1, 0.15) is 5.69 Å². The van der Waals surface area contributed by atoms with Crippen molar-refractivity contribution in [3.63, 3.8) is 0 Å². The SMILES string of the molecule is CCNC(=O)CN(CC)C(=O)c1csc(CCN)n1. The van der Waals surface area contributed by atoms with E-state index in [2.05, 4.69) is 10.3 Å². The van der Waals surface area contributed by atoms with Gasteiger partial charge in [0.05, 0.1) is 11.6 Å². The quantitative estimate of drug-likeness (QED) is 0.751. The standard InChI is InChI=1S/C12H20N4O2S/c1-3-14-10(17)7-16(4-2)12(18)9-8-19-11(15-9)5-6-13/h8H,3-7,13H2,1-2H3,(H,14,17). The first-order valence-electron chi connectivity index (χ1n) is 6.32. The zero-order chi connectivity index (χ0) is 14.3. The number of hydrogen-bond donors (Lipinski definition) is 2. The van der Waals surface area contributed by atoms with E-state index in [1.165, 1.54) is 16.2 Å². The lowest BCUT2D eigenvalue weighted by molar-refractivity contribution is -0.121. The Morgan fingerprint density at radius 1 is 1.47 bits per heavy atom. The molecule has 3 N–H and O–H groups in total. The van der Waals surface area contributed by atoms with Gasteiger partial charge < -0.3 is 16.0 Å². The van der Waals surface area contributed by atoms with Gasteiger partial charge in [-0.1, -0.05) is 0 Å². The molecule has 0 atom stereocenters. The van der Waals surface area contributed by atoms with E-state index in [0.29, 0.717) is 31.7 Å². The van der Waals surface area contributed by atoms with Crippen LogP contribution in [0.2, 0.25) is 0 Å². The van der Waals surface area contributed by atoms with Gasteiger partial charge in [0.2, 0.25) is 5.91 Å². The maximum Gasteiger partial charge on any atom is 0.273 e. The van der Waals surface area contributed by atoms with Crippen molar-refractivity contribution in [3.05, 3.63) is 16.1 Å². The molecule has 0 radical (unpaired) electrons. The van der Waals surface area contributed by atoms with Crippen molar-refractivity contribution in [1.29, 1.82) is 0 Å². The number of likely N-dealkylation sites (N-methyl/N-ethyl adjacent to an activating group) is 2. The van der Waals surface area contributed by atoms with Crippen molar-refractivity contribution in [2.45, 2.75) is 20.3 Å². The number of hydrogen-bond acceptors (Lipinski definition) is 5. The molecule has 0 aliphatic rings. The summed E-state index contributed by atoms with van der Waals surface area (Å²) in [6.07, 6.45) is 0.667. The van der Waals surface area contributed by atoms with E-state index in [0.717, 1.165) is 5.01 Å². The summed E-state index contributed by atoms with van der Waals surface area (Å²) >= 11 is 1.42. The molecule has 19 heavy (non-hydrogen) atoms. The minimum atomic E-state index is -0.215. The summed E-state index contributed by atoms with van der Waals surface area (Å²) in [6.45, 7) is 5.28. The summed E-state index contributed by atoms with van der Waals surface area (Å²) in [5.74, 6) is -0.372. The Labute approximate surface area is 117 Å². The molecular weight excluding hydrogens is 264 g/mol. The van der Waals surface area contributed by atoms with Crippen LogP contribution in [0.5, 0.6) is 0 Å². The fraction of sp³-hybridized carbons (Fsp3) is 0.583. The van der Waals surface area contributed by atoms with E-state index in [9.17, 15) is 9.59 Å². The van der Waals surface area contributed by atoms with Crippen LogP contribution in [0.1, 0.15) is 29.3 Å². The predicted octanol–water partition coefficient (Wildman–Crippen LogP) is 0.243. The lowest BCUT2D eigenvalue weighted by atomic mass is 10.3. The summed E-state index contributed by atoms with van der Waals surface area (Å²) < 4.78 is 0. The molecule has 1 aromatic rings. The Morgan fingerprint density at radius 2 is 2.21 bits per heavy atom. The van der Waals surface area contributed by atoms with Gasteiger partial charge in [-0.05, 0) is 20.4 Å². The van der Waals surface area contributed by atoms with Crippen molar-refractivity contribution in [2.75, 3.05) is 26.2 Å². The lowest BCUT2D eigenvalue weighted by Crippen LogP contribution is -2.40. The number of carbonyl (C=O) groups is 2. The molecule has 1 aromatic heterocycles. The van der Waals surface area contributed by atoms with Crippen LogP contribution in [0.4, 0.5) is 0 Å². The first-order valence-corrected chi connectivity index (χ1v) is 7.20. The Hall–Kier alpha value is -1.47. The topological polar surface area (TPSA) is 88.3 Å². The molecule has 0 spiro atoms. The molecule has 0 saturated heterocycles. The summed E-state index contributed by atoms with van der Waals surface area (Å²) in [6, 6.07) is 0. The van der Waals surface area contributed by atoms with Gasteiger partial charge in [0, 0.05) is 24.9 Å². The van der Waals surface area contributed by atoms with Crippen LogP contribution in [0.15, 0.2) is 5.38 Å². The number of rotatable bonds is 7. The molecule has 0 aliphatic carbocycles. The van der Waals surface area contributed by atoms with Crippen molar-refractivity contribution in [2.24, 2.45) is 5.73 Å². The maximum absolute atomic E-state index is 12.2. The number of nitrogens with one attached hydrogen (secondary N) is 1. The molecule has 0 saturated carbocycles. The minimum absolute atomic E-state index is 0.0624. The molecule has 2 amide bonds. The second kappa shape index (κ2) is 7.85. The maximum atomic E-state index is 12.2. The summed E-state index contributed by atoms with van der Waals surface area (Å²) in [7, 11) is 0. The van der Waals surface area contributed by atoms with Crippen molar-refractivity contribution >= 4 is 23.2 Å². The van der Waals surface area contributed by atoms with Crippen LogP contribution in [0.25, 0.3) is 0 Å². The van der Waals surface area contributed by atoms with Crippen LogP contribution in [0.3, 0.4) is 0 Å². The van der Waals surface area contributed by atoms with E-state index >= 15 is 0 Å². The highest BCUT2D eigenvalue weighted by molar-refractivity contribution is 7.09. The Balaban J connectivity index is 2.68. The van der Waals surface area contributed by atoms with E-state index in [4.69, 9.17) is 5.73 Å². The summed E-state index contributed by atoms with van der Waals surface area (Å²) in [5, 5.41) is 5.24. The monoisotopic (exact) mass is 284 g/mol. The van der Waals surface area contributed by atoms with E-state index in [-0.39, 0.29) is 18.4 Å². The second-order valence-corrected chi connectivity index (χ2v) is 4.88. The molecule has 0 aliphatic heterocycles. The Kier molecular flexibility index (Phi) is 6.44. The molecule has 0 fully saturated rings. The van der Waals surface area contributed by atoms with Crippen LogP contribution >= 0.6 is 11.3 Å². The summed E-state index contributed by atoms with van der Waals surface area (Å²) in [4.78, 5) is 29.4. The third kappa shape index (κ3) is 4.60. The molecule has 1 rings (SSSR count). The predicted molar refractivity (Wildman–Crippen MR) is 75.1 cm³/mol. The van der Waals surface area contributed by atoms with Gasteiger partial charge in [-0.15, -0.1) is 11.3 Å². The lowest BCUT2D eigenvalue weighted by Gasteiger charge is -2.18. The molecule has 0 bridgehead atoms. The molecule has 1 heterocycles. The number of amides is 2. The average molecular weight is 284 g/mol. The number of carbonyl (C=O) groups excluding carboxylic acids is 2. The first-order chi connectivity index (χ1) is 9.12. The van der Waals surface area contributed by atoms with Crippen LogP contribution in [-0.4, -0.2) is 47.9 Å². The van der Waals surface area contributed by atoms with Gasteiger partial charge in [-0.3, -0.25) is 9.59 Å². The van der Waals surface area contributed by atoms with Crippen molar-refractivity contribution in [1.82, 2.24) is 15.2 Å². The van der Waals surface area contributed by atoms with Crippen LogP contribution < -0.4 is 11.1 Å². The molecule has 6 nitrogen and oxygen atoms in total. The summed E-state index contributed by atoms with van der Waals surface area (Å²) in [5.41, 5.74) is 5.84. The largest absolute Gasteiger partial charge is 0.355 e. The minimum Gasteiger partial charge on any atom is -0.355 e. The number of nitrogens with zero attached hydrogens (tertiary/aromatic N) is 2. The van der Waals surface area contributed by atoms with Gasteiger partial charge in [0.25, 0.3) is 5.91 Å². The van der Waals surface area contributed by atoms with Crippen LogP contribution in [0, 0.1) is 0 Å². The average Bonchev–Trinajstić information content (AvgIpc) is 2.84. The third-order valence-corrected chi connectivity index (χ3v) is 3.42. The van der Waals surface area contributed by atoms with Gasteiger partial charge in [-0.2, -0.15) is 0 Å². The van der Waals surface area contributed by atoms with Gasteiger partial charge in [0.15, 0.2) is 0 Å². The number of thiazole rings is 1. The van der Waals surface area contributed by atoms with Crippen molar-refractivity contribution < 1.29 is 9.59 Å². The zero-order valence-corrected chi connectivity index (χ0v) is 12.1. The molecular formula is C12H20N4O2S. The number of nitrogens with two attached hydrogens (primary N) is 1. The van der Waals surface area contributed by atoms with E-state index < -0.39 is 0 Å². The fourth-order valence-corrected chi connectivity index (χ4v) is 2.35. The van der Waals surface area contributed by atoms with Crippen LogP contribution in [-0.2, 0) is 11.2 Å². The third-order valence-electron chi connectivity index (χ3n) is 2.51. The van der Waals surface area contributed by atoms with Crippen molar-refractivity contribution in [3.8, 4) is 0 Å². The van der Waals surface area contributed by atoms with Gasteiger partial charge in [-0.25, -0.2) is 4.98 Å². The highest BCUT2D eigenvalue weighted by atomic mass is 32.1. The second-order valence-electron chi connectivity index (χ2n) is 3.94.